The highest BCUT2D eigenvalue weighted by molar-refractivity contribution is 8.00. The number of nitrogens with zero attached hydrogens (tertiary/aromatic N) is 2. The van der Waals surface area contributed by atoms with Gasteiger partial charge in [-0.05, 0) is 35.2 Å². The Kier molecular flexibility index (Phi) is 4.22. The normalized spacial score (nSPS) is 19.9. The summed E-state index contributed by atoms with van der Waals surface area (Å²) >= 11 is 3.45. The number of hydrogen-bond donors (Lipinski definition) is 1. The molecule has 2 aliphatic rings. The summed E-state index contributed by atoms with van der Waals surface area (Å²) in [6.07, 6.45) is 0. The molecular formula is C21H17N3OS2. The van der Waals surface area contributed by atoms with Crippen LogP contribution in [0, 0.1) is 0 Å². The molecule has 0 bridgehead atoms. The lowest BCUT2D eigenvalue weighted by Crippen LogP contribution is -2.29. The molecule has 1 atom stereocenters. The van der Waals surface area contributed by atoms with Gasteiger partial charge >= 0.3 is 0 Å². The number of nitrogens with one attached hydrogen (secondary N) is 1. The highest BCUT2D eigenvalue weighted by Gasteiger charge is 2.38. The van der Waals surface area contributed by atoms with Crippen LogP contribution in [-0.2, 0) is 6.54 Å². The molecule has 6 heteroatoms. The van der Waals surface area contributed by atoms with Gasteiger partial charge in [0.1, 0.15) is 5.37 Å². The van der Waals surface area contributed by atoms with Gasteiger partial charge in [0.05, 0.1) is 17.9 Å². The third-order valence-corrected chi connectivity index (χ3v) is 7.01. The number of thioether (sulfide) groups is 1. The number of hydrazone groups is 1. The Bertz CT molecular complexity index is 1030. The van der Waals surface area contributed by atoms with Crippen LogP contribution in [-0.4, -0.2) is 22.3 Å². The van der Waals surface area contributed by atoms with Crippen LogP contribution in [0.15, 0.2) is 71.1 Å². The van der Waals surface area contributed by atoms with Crippen LogP contribution >= 0.6 is 23.1 Å². The quantitative estimate of drug-likeness (QED) is 0.628. The summed E-state index contributed by atoms with van der Waals surface area (Å²) in [6.45, 7) is 0.628. The second-order valence-electron chi connectivity index (χ2n) is 6.48. The first-order valence-electron chi connectivity index (χ1n) is 8.77. The van der Waals surface area contributed by atoms with Crippen molar-refractivity contribution in [1.29, 1.82) is 0 Å². The summed E-state index contributed by atoms with van der Waals surface area (Å²) in [6, 6.07) is 20.0. The van der Waals surface area contributed by atoms with Gasteiger partial charge < -0.3 is 4.90 Å². The molecule has 0 saturated heterocycles. The maximum atomic E-state index is 12.9. The summed E-state index contributed by atoms with van der Waals surface area (Å²) in [5, 5.41) is 6.84. The number of benzene rings is 2. The third-order valence-electron chi connectivity index (χ3n) is 4.84. The van der Waals surface area contributed by atoms with Gasteiger partial charge in [-0.3, -0.25) is 10.2 Å². The van der Waals surface area contributed by atoms with Crippen LogP contribution in [0.2, 0.25) is 0 Å². The number of para-hydroxylation sites is 1. The first kappa shape index (κ1) is 16.6. The topological polar surface area (TPSA) is 44.7 Å². The summed E-state index contributed by atoms with van der Waals surface area (Å²) < 4.78 is 0. The minimum atomic E-state index is 0.0471. The Hall–Kier alpha value is -2.57. The average molecular weight is 392 g/mol. The summed E-state index contributed by atoms with van der Waals surface area (Å²) in [5.74, 6) is 0.872. The predicted molar refractivity (Wildman–Crippen MR) is 112 cm³/mol. The zero-order valence-electron chi connectivity index (χ0n) is 14.5. The van der Waals surface area contributed by atoms with Crippen molar-refractivity contribution in [2.75, 3.05) is 11.2 Å². The number of hydrogen-bond acceptors (Lipinski definition) is 5. The maximum absolute atomic E-state index is 12.9. The van der Waals surface area contributed by atoms with Crippen molar-refractivity contribution < 1.29 is 4.79 Å². The number of anilines is 1. The van der Waals surface area contributed by atoms with E-state index in [1.807, 2.05) is 53.4 Å². The molecule has 0 fully saturated rings. The molecule has 4 nitrogen and oxygen atoms in total. The minimum absolute atomic E-state index is 0.0471. The van der Waals surface area contributed by atoms with E-state index in [2.05, 4.69) is 22.9 Å². The molecule has 1 N–H and O–H groups in total. The van der Waals surface area contributed by atoms with E-state index in [1.54, 1.807) is 23.1 Å². The lowest BCUT2D eigenvalue weighted by Gasteiger charge is -2.27. The molecule has 27 heavy (non-hydrogen) atoms. The molecular weight excluding hydrogens is 374 g/mol. The van der Waals surface area contributed by atoms with Crippen molar-refractivity contribution in [2.45, 2.75) is 11.9 Å². The van der Waals surface area contributed by atoms with Gasteiger partial charge in [0, 0.05) is 21.8 Å². The fraction of sp³-hybridized carbons (Fsp3) is 0.143. The largest absolute Gasteiger partial charge is 0.317 e. The fourth-order valence-corrected chi connectivity index (χ4v) is 5.68. The van der Waals surface area contributed by atoms with E-state index in [4.69, 9.17) is 5.10 Å². The average Bonchev–Trinajstić information content (AvgIpc) is 3.25. The molecule has 2 aromatic carbocycles. The van der Waals surface area contributed by atoms with Gasteiger partial charge in [-0.2, -0.15) is 5.10 Å². The molecule has 0 unspecified atom stereocenters. The van der Waals surface area contributed by atoms with Crippen molar-refractivity contribution in [3.05, 3.63) is 87.6 Å². The summed E-state index contributed by atoms with van der Waals surface area (Å²) in [7, 11) is 0. The second-order valence-corrected chi connectivity index (χ2v) is 8.55. The number of rotatable bonds is 2. The van der Waals surface area contributed by atoms with Gasteiger partial charge in [-0.15, -0.1) is 23.1 Å². The number of carbonyl (C=O) groups excluding carboxylic acids is 1. The zero-order valence-corrected chi connectivity index (χ0v) is 16.1. The van der Waals surface area contributed by atoms with Gasteiger partial charge in [-0.25, -0.2) is 0 Å². The molecule has 2 aliphatic heterocycles. The summed E-state index contributed by atoms with van der Waals surface area (Å²) in [5.41, 5.74) is 8.25. The molecule has 0 spiro atoms. The Labute approximate surface area is 165 Å². The zero-order chi connectivity index (χ0) is 18.2. The SMILES string of the molecule is O=C1c2ccccc2[C@@H]2SC/C(=N/Nc3ccccc3)c3ccsc3CN12. The van der Waals surface area contributed by atoms with E-state index in [9.17, 15) is 4.79 Å². The van der Waals surface area contributed by atoms with Crippen molar-refractivity contribution in [2.24, 2.45) is 5.10 Å². The molecule has 0 aliphatic carbocycles. The van der Waals surface area contributed by atoms with Crippen molar-refractivity contribution in [1.82, 2.24) is 4.90 Å². The van der Waals surface area contributed by atoms with Crippen LogP contribution in [0.4, 0.5) is 5.69 Å². The Morgan fingerprint density at radius 1 is 1.00 bits per heavy atom. The lowest BCUT2D eigenvalue weighted by molar-refractivity contribution is 0.0763. The first-order valence-corrected chi connectivity index (χ1v) is 10.7. The van der Waals surface area contributed by atoms with Crippen LogP contribution in [0.5, 0.6) is 0 Å². The Morgan fingerprint density at radius 3 is 2.70 bits per heavy atom. The summed E-state index contributed by atoms with van der Waals surface area (Å²) in [4.78, 5) is 16.1. The smallest absolute Gasteiger partial charge is 0.255 e. The van der Waals surface area contributed by atoms with Crippen LogP contribution in [0.1, 0.15) is 31.7 Å². The first-order chi connectivity index (χ1) is 13.3. The van der Waals surface area contributed by atoms with Crippen molar-refractivity contribution in [3.8, 4) is 0 Å². The number of amides is 1. The lowest BCUT2D eigenvalue weighted by atomic mass is 10.1. The van der Waals surface area contributed by atoms with E-state index in [0.717, 1.165) is 33.8 Å². The second kappa shape index (κ2) is 6.87. The molecule has 134 valence electrons. The molecule has 3 aromatic rings. The Morgan fingerprint density at radius 2 is 1.81 bits per heavy atom. The number of fused-ring (bicyclic) bond motifs is 4. The monoisotopic (exact) mass is 391 g/mol. The Balaban J connectivity index is 1.50. The van der Waals surface area contributed by atoms with Crippen molar-refractivity contribution >= 4 is 40.4 Å². The van der Waals surface area contributed by atoms with E-state index in [1.165, 1.54) is 4.88 Å². The van der Waals surface area contributed by atoms with Gasteiger partial charge in [-0.1, -0.05) is 36.4 Å². The molecule has 0 saturated carbocycles. The van der Waals surface area contributed by atoms with Gasteiger partial charge in [0.2, 0.25) is 0 Å². The van der Waals surface area contributed by atoms with Crippen LogP contribution in [0.3, 0.4) is 0 Å². The standard InChI is InChI=1S/C21H17N3OS2/c25-20-15-8-4-5-9-16(15)21-24(20)12-19-17(10-11-26-19)18(13-27-21)23-22-14-6-2-1-3-7-14/h1-11,21-22H,12-13H2/b23-18-/t21-/m0/s1. The van der Waals surface area contributed by atoms with Gasteiger partial charge in [0.25, 0.3) is 5.91 Å². The maximum Gasteiger partial charge on any atom is 0.255 e. The van der Waals surface area contributed by atoms with Gasteiger partial charge in [0.15, 0.2) is 0 Å². The molecule has 1 amide bonds. The third kappa shape index (κ3) is 2.95. The highest BCUT2D eigenvalue weighted by atomic mass is 32.2. The fourth-order valence-electron chi connectivity index (χ4n) is 3.52. The van der Waals surface area contributed by atoms with E-state index < -0.39 is 0 Å². The minimum Gasteiger partial charge on any atom is -0.317 e. The molecule has 0 radical (unpaired) electrons. The van der Waals surface area contributed by atoms with Crippen LogP contribution < -0.4 is 5.43 Å². The van der Waals surface area contributed by atoms with Crippen LogP contribution in [0.25, 0.3) is 0 Å². The molecule has 1 aromatic heterocycles. The molecule has 3 heterocycles. The van der Waals surface area contributed by atoms with Crippen molar-refractivity contribution in [3.63, 3.8) is 0 Å². The van der Waals surface area contributed by atoms with E-state index in [-0.39, 0.29) is 11.3 Å². The van der Waals surface area contributed by atoms with E-state index in [0.29, 0.717) is 6.54 Å². The predicted octanol–water partition coefficient (Wildman–Crippen LogP) is 4.97. The highest BCUT2D eigenvalue weighted by Crippen LogP contribution is 2.44. The number of thiophene rings is 1. The number of carbonyl (C=O) groups is 1. The van der Waals surface area contributed by atoms with E-state index >= 15 is 0 Å². The molecule has 5 rings (SSSR count).